The first-order valence-electron chi connectivity index (χ1n) is 9.45. The molecule has 6 heteroatoms. The zero-order valence-corrected chi connectivity index (χ0v) is 20.5. The number of methoxy groups -OCH3 is 1. The molecular formula is C23H38O5Si. The van der Waals surface area contributed by atoms with Gasteiger partial charge < -0.3 is 14.3 Å². The van der Waals surface area contributed by atoms with Crippen molar-refractivity contribution < 1.29 is 23.9 Å². The predicted octanol–water partition coefficient (Wildman–Crippen LogP) is 5.43. The Hall–Kier alpha value is -2.39. The van der Waals surface area contributed by atoms with Crippen molar-refractivity contribution in [2.75, 3.05) is 7.11 Å². The summed E-state index contributed by atoms with van der Waals surface area (Å²) in [5.41, 5.74) is 1.15. The number of terminal acetylenes is 1. The Balaban J connectivity index is -0.000000345. The fraction of sp³-hybridized carbons (Fsp3) is 0.522. The van der Waals surface area contributed by atoms with Gasteiger partial charge in [-0.25, -0.2) is 0 Å². The Morgan fingerprint density at radius 3 is 1.72 bits per heavy atom. The highest BCUT2D eigenvalue weighted by atomic mass is 28.3. The third-order valence-corrected chi connectivity index (χ3v) is 2.42. The highest BCUT2D eigenvalue weighted by molar-refractivity contribution is 6.74. The van der Waals surface area contributed by atoms with Crippen LogP contribution in [0.5, 0.6) is 5.75 Å². The lowest BCUT2D eigenvalue weighted by atomic mass is 10.2. The molecule has 1 aromatic rings. The number of aryl methyl sites for hydroxylation is 1. The summed E-state index contributed by atoms with van der Waals surface area (Å²) in [5, 5.41) is 0. The maximum Gasteiger partial charge on any atom is 0.308 e. The molecular weight excluding hydrogens is 384 g/mol. The van der Waals surface area contributed by atoms with Gasteiger partial charge in [0, 0.05) is 27.8 Å². The van der Waals surface area contributed by atoms with Gasteiger partial charge in [0.2, 0.25) is 0 Å². The van der Waals surface area contributed by atoms with E-state index in [0.29, 0.717) is 25.0 Å². The zero-order valence-electron chi connectivity index (χ0n) is 19.5. The first-order chi connectivity index (χ1) is 13.3. The number of carbonyl (C=O) groups is 3. The van der Waals surface area contributed by atoms with Crippen LogP contribution in [0.2, 0.25) is 26.2 Å². The fourth-order valence-electron chi connectivity index (χ4n) is 1.36. The lowest BCUT2D eigenvalue weighted by Crippen LogP contribution is -2.10. The standard InChI is InChI=1S/C9H10O2.C7H12O3.C4H12Si.C3H4/c1-7-3-5-9(6-4-7)11-8(2)10;1-6(8)4-3-5-7(9)10-2;1-5(2,3)4;1-3-2/h3-6H,1-2H3;3-5H2,1-2H3;1-4H3;1H,2H3. The average Bonchev–Trinajstić information content (AvgIpc) is 2.56. The third-order valence-electron chi connectivity index (χ3n) is 2.42. The minimum Gasteiger partial charge on any atom is -0.469 e. The van der Waals surface area contributed by atoms with E-state index in [1.54, 1.807) is 19.1 Å². The van der Waals surface area contributed by atoms with Crippen molar-refractivity contribution in [1.29, 1.82) is 0 Å². The molecule has 0 aliphatic rings. The number of rotatable bonds is 5. The van der Waals surface area contributed by atoms with Crippen molar-refractivity contribution in [2.24, 2.45) is 0 Å². The monoisotopic (exact) mass is 422 g/mol. The Labute approximate surface area is 178 Å². The van der Waals surface area contributed by atoms with Gasteiger partial charge in [-0.15, -0.1) is 12.3 Å². The second-order valence-corrected chi connectivity index (χ2v) is 13.8. The Morgan fingerprint density at radius 1 is 1.00 bits per heavy atom. The molecule has 0 aliphatic carbocycles. The molecule has 0 heterocycles. The van der Waals surface area contributed by atoms with Crippen LogP contribution in [-0.4, -0.2) is 32.9 Å². The van der Waals surface area contributed by atoms with Crippen LogP contribution < -0.4 is 4.74 Å². The smallest absolute Gasteiger partial charge is 0.308 e. The van der Waals surface area contributed by atoms with Crippen LogP contribution in [0, 0.1) is 19.3 Å². The number of benzene rings is 1. The molecule has 0 aromatic heterocycles. The number of hydrogen-bond acceptors (Lipinski definition) is 5. The molecule has 1 aromatic carbocycles. The molecule has 0 amide bonds. The molecule has 1 rings (SSSR count). The minimum atomic E-state index is -0.611. The summed E-state index contributed by atoms with van der Waals surface area (Å²) in [6.45, 7) is 15.8. The maximum atomic E-state index is 10.5. The van der Waals surface area contributed by atoms with E-state index < -0.39 is 8.07 Å². The second kappa shape index (κ2) is 18.9. The topological polar surface area (TPSA) is 69.7 Å². The van der Waals surface area contributed by atoms with Gasteiger partial charge >= 0.3 is 11.9 Å². The Morgan fingerprint density at radius 2 is 1.41 bits per heavy atom. The van der Waals surface area contributed by atoms with Gasteiger partial charge in [-0.3, -0.25) is 9.59 Å². The molecule has 0 spiro atoms. The SMILES string of the molecule is C#CC.CC(=O)Oc1ccc(C)cc1.COC(=O)CCCC(C)=O.C[Si](C)(C)C. The molecule has 0 radical (unpaired) electrons. The van der Waals surface area contributed by atoms with Crippen molar-refractivity contribution in [2.45, 2.75) is 73.1 Å². The summed E-state index contributed by atoms with van der Waals surface area (Å²) < 4.78 is 9.21. The number of ketones is 1. The predicted molar refractivity (Wildman–Crippen MR) is 123 cm³/mol. The maximum absolute atomic E-state index is 10.5. The quantitative estimate of drug-likeness (QED) is 0.274. The first kappa shape index (κ1) is 31.3. The van der Waals surface area contributed by atoms with Gasteiger partial charge in [0.15, 0.2) is 0 Å². The van der Waals surface area contributed by atoms with Gasteiger partial charge in [0.1, 0.15) is 11.5 Å². The average molecular weight is 423 g/mol. The first-order valence-corrected chi connectivity index (χ1v) is 13.5. The van der Waals surface area contributed by atoms with Crippen molar-refractivity contribution in [3.8, 4) is 18.1 Å². The van der Waals surface area contributed by atoms with Crippen LogP contribution in [0.3, 0.4) is 0 Å². The molecule has 29 heavy (non-hydrogen) atoms. The zero-order chi connectivity index (χ0) is 23.5. The van der Waals surface area contributed by atoms with Crippen LogP contribution in [0.15, 0.2) is 24.3 Å². The molecule has 0 saturated carbocycles. The number of Topliss-reactive ketones (excluding diaryl/α,β-unsaturated/α-hetero) is 1. The van der Waals surface area contributed by atoms with E-state index >= 15 is 0 Å². The van der Waals surface area contributed by atoms with E-state index in [0.717, 1.165) is 5.56 Å². The third kappa shape index (κ3) is 37.1. The van der Waals surface area contributed by atoms with Crippen LogP contribution in [0.1, 0.15) is 45.6 Å². The van der Waals surface area contributed by atoms with Crippen LogP contribution in [0.25, 0.3) is 0 Å². The number of carbonyl (C=O) groups excluding carboxylic acids is 3. The normalized spacial score (nSPS) is 8.97. The number of ether oxygens (including phenoxy) is 2. The lowest BCUT2D eigenvalue weighted by molar-refractivity contribution is -0.140. The molecule has 0 saturated heterocycles. The van der Waals surface area contributed by atoms with E-state index in [1.165, 1.54) is 21.0 Å². The fourth-order valence-corrected chi connectivity index (χ4v) is 1.36. The van der Waals surface area contributed by atoms with Crippen LogP contribution in [-0.2, 0) is 19.1 Å². The summed E-state index contributed by atoms with van der Waals surface area (Å²) in [6.07, 6.45) is 6.01. The van der Waals surface area contributed by atoms with E-state index in [4.69, 9.17) is 4.74 Å². The molecule has 0 N–H and O–H groups in total. The van der Waals surface area contributed by atoms with Gasteiger partial charge in [-0.05, 0) is 39.3 Å². The Kier molecular flexibility index (Phi) is 20.5. The molecule has 0 unspecified atom stereocenters. The van der Waals surface area contributed by atoms with E-state index in [1.807, 2.05) is 19.1 Å². The van der Waals surface area contributed by atoms with Crippen molar-refractivity contribution >= 4 is 25.8 Å². The largest absolute Gasteiger partial charge is 0.469 e. The van der Waals surface area contributed by atoms with Gasteiger partial charge in [0.25, 0.3) is 0 Å². The Bertz CT molecular complexity index is 616. The molecule has 5 nitrogen and oxygen atoms in total. The molecule has 0 fully saturated rings. The van der Waals surface area contributed by atoms with Gasteiger partial charge in [-0.2, -0.15) is 0 Å². The van der Waals surface area contributed by atoms with Crippen molar-refractivity contribution in [3.05, 3.63) is 29.8 Å². The summed E-state index contributed by atoms with van der Waals surface area (Å²) in [6, 6.07) is 7.35. The summed E-state index contributed by atoms with van der Waals surface area (Å²) in [5.74, 6) is 2.43. The highest BCUT2D eigenvalue weighted by Gasteiger charge is 2.00. The van der Waals surface area contributed by atoms with E-state index in [2.05, 4.69) is 43.3 Å². The second-order valence-electron chi connectivity index (χ2n) is 7.83. The van der Waals surface area contributed by atoms with Crippen molar-refractivity contribution in [1.82, 2.24) is 0 Å². The van der Waals surface area contributed by atoms with E-state index in [-0.39, 0.29) is 17.7 Å². The molecule has 0 aliphatic heterocycles. The molecule has 0 bridgehead atoms. The summed E-state index contributed by atoms with van der Waals surface area (Å²) in [4.78, 5) is 31.3. The molecule has 164 valence electrons. The minimum absolute atomic E-state index is 0.115. The summed E-state index contributed by atoms with van der Waals surface area (Å²) >= 11 is 0. The summed E-state index contributed by atoms with van der Waals surface area (Å²) in [7, 11) is 0.732. The van der Waals surface area contributed by atoms with Gasteiger partial charge in [-0.1, -0.05) is 43.9 Å². The highest BCUT2D eigenvalue weighted by Crippen LogP contribution is 2.10. The van der Waals surface area contributed by atoms with Gasteiger partial charge in [0.05, 0.1) is 7.11 Å². The number of hydrogen-bond donors (Lipinski definition) is 0. The van der Waals surface area contributed by atoms with Crippen LogP contribution >= 0.6 is 0 Å². The van der Waals surface area contributed by atoms with E-state index in [9.17, 15) is 14.4 Å². The molecule has 0 atom stereocenters. The van der Waals surface area contributed by atoms with Crippen LogP contribution in [0.4, 0.5) is 0 Å². The number of esters is 2. The lowest BCUT2D eigenvalue weighted by Gasteiger charge is -2.01. The van der Waals surface area contributed by atoms with Crippen molar-refractivity contribution in [3.63, 3.8) is 0 Å².